The van der Waals surface area contributed by atoms with Gasteiger partial charge in [-0.25, -0.2) is 13.2 Å². The zero-order chi connectivity index (χ0) is 12.7. The number of H-pyrrole nitrogens is 1. The first-order valence-corrected chi connectivity index (χ1v) is 5.37. The Morgan fingerprint density at radius 3 is 2.22 bits per heavy atom. The molecule has 0 aliphatic carbocycles. The summed E-state index contributed by atoms with van der Waals surface area (Å²) in [5, 5.41) is 0.400. The van der Waals surface area contributed by atoms with Gasteiger partial charge in [-0.1, -0.05) is 6.07 Å². The molecule has 2 aromatic carbocycles. The Bertz CT molecular complexity index is 711. The molecular weight excluding hydrogens is 239 g/mol. The number of halogens is 3. The fourth-order valence-electron chi connectivity index (χ4n) is 1.98. The van der Waals surface area contributed by atoms with E-state index in [1.54, 1.807) is 18.2 Å². The molecule has 18 heavy (non-hydrogen) atoms. The summed E-state index contributed by atoms with van der Waals surface area (Å²) < 4.78 is 39.7. The zero-order valence-corrected chi connectivity index (χ0v) is 9.18. The number of hydrogen-bond acceptors (Lipinski definition) is 0. The number of hydrogen-bond donors (Lipinski definition) is 1. The highest BCUT2D eigenvalue weighted by molar-refractivity contribution is 5.86. The van der Waals surface area contributed by atoms with Gasteiger partial charge in [-0.05, 0) is 30.3 Å². The second-order valence-corrected chi connectivity index (χ2v) is 4.04. The molecule has 90 valence electrons. The van der Waals surface area contributed by atoms with E-state index in [0.717, 1.165) is 6.07 Å². The first-order chi connectivity index (χ1) is 8.63. The Kier molecular flexibility index (Phi) is 2.37. The molecule has 1 aromatic heterocycles. The third kappa shape index (κ3) is 1.76. The van der Waals surface area contributed by atoms with E-state index in [0.29, 0.717) is 22.2 Å². The fraction of sp³-hybridized carbons (Fsp3) is 0. The lowest BCUT2D eigenvalue weighted by molar-refractivity contribution is 0.584. The van der Waals surface area contributed by atoms with Crippen molar-refractivity contribution >= 4 is 10.9 Å². The van der Waals surface area contributed by atoms with Gasteiger partial charge in [-0.2, -0.15) is 0 Å². The molecule has 0 bridgehead atoms. The minimum Gasteiger partial charge on any atom is -0.354 e. The summed E-state index contributed by atoms with van der Waals surface area (Å²) in [6.45, 7) is 0. The van der Waals surface area contributed by atoms with Crippen molar-refractivity contribution in [2.24, 2.45) is 0 Å². The van der Waals surface area contributed by atoms with E-state index in [2.05, 4.69) is 4.98 Å². The molecule has 0 saturated heterocycles. The molecule has 0 aliphatic rings. The average Bonchev–Trinajstić information content (AvgIpc) is 2.73. The van der Waals surface area contributed by atoms with Crippen LogP contribution in [0.25, 0.3) is 22.2 Å². The fourth-order valence-corrected chi connectivity index (χ4v) is 1.98. The van der Waals surface area contributed by atoms with Crippen LogP contribution in [0.2, 0.25) is 0 Å². The summed E-state index contributed by atoms with van der Waals surface area (Å²) in [4.78, 5) is 2.93. The van der Waals surface area contributed by atoms with Gasteiger partial charge in [0, 0.05) is 28.2 Å². The zero-order valence-electron chi connectivity index (χ0n) is 9.18. The summed E-state index contributed by atoms with van der Waals surface area (Å²) in [6, 6.07) is 9.36. The molecule has 1 heterocycles. The summed E-state index contributed by atoms with van der Waals surface area (Å²) >= 11 is 0. The topological polar surface area (TPSA) is 15.8 Å². The maximum Gasteiger partial charge on any atom is 0.132 e. The number of rotatable bonds is 1. The number of fused-ring (bicyclic) bond motifs is 1. The lowest BCUT2D eigenvalue weighted by Crippen LogP contribution is -1.83. The molecule has 0 aliphatic heterocycles. The van der Waals surface area contributed by atoms with Crippen LogP contribution in [0.1, 0.15) is 0 Å². The van der Waals surface area contributed by atoms with Crippen molar-refractivity contribution in [3.63, 3.8) is 0 Å². The predicted octanol–water partition coefficient (Wildman–Crippen LogP) is 4.25. The summed E-state index contributed by atoms with van der Waals surface area (Å²) in [6.07, 6.45) is 0. The van der Waals surface area contributed by atoms with Crippen molar-refractivity contribution in [2.45, 2.75) is 0 Å². The molecule has 0 saturated carbocycles. The van der Waals surface area contributed by atoms with E-state index in [1.807, 2.05) is 0 Å². The Balaban J connectivity index is 2.22. The smallest absolute Gasteiger partial charge is 0.132 e. The minimum atomic E-state index is -0.663. The maximum absolute atomic E-state index is 13.5. The van der Waals surface area contributed by atoms with Gasteiger partial charge in [0.05, 0.1) is 0 Å². The highest BCUT2D eigenvalue weighted by atomic mass is 19.1. The average molecular weight is 247 g/mol. The standard InChI is InChI=1S/C14H8F3N/c15-9-4-8(5-10(16)6-9)14-7-11-12(17)2-1-3-13(11)18-14/h1-7,18H. The highest BCUT2D eigenvalue weighted by Gasteiger charge is 2.08. The minimum absolute atomic E-state index is 0.350. The van der Waals surface area contributed by atoms with Crippen LogP contribution >= 0.6 is 0 Å². The molecule has 1 nitrogen and oxygen atoms in total. The van der Waals surface area contributed by atoms with E-state index in [1.165, 1.54) is 18.2 Å². The third-order valence-corrected chi connectivity index (χ3v) is 2.78. The first-order valence-electron chi connectivity index (χ1n) is 5.37. The first kappa shape index (κ1) is 10.9. The lowest BCUT2D eigenvalue weighted by Gasteiger charge is -1.98. The number of benzene rings is 2. The van der Waals surface area contributed by atoms with Crippen LogP contribution in [0.5, 0.6) is 0 Å². The van der Waals surface area contributed by atoms with Crippen LogP contribution in [0, 0.1) is 17.5 Å². The summed E-state index contributed by atoms with van der Waals surface area (Å²) in [5.41, 5.74) is 1.42. The van der Waals surface area contributed by atoms with Crippen LogP contribution in [0.4, 0.5) is 13.2 Å². The van der Waals surface area contributed by atoms with Gasteiger partial charge >= 0.3 is 0 Å². The SMILES string of the molecule is Fc1cc(F)cc(-c2cc3c(F)cccc3[nH]2)c1. The Morgan fingerprint density at radius 1 is 0.833 bits per heavy atom. The van der Waals surface area contributed by atoms with E-state index >= 15 is 0 Å². The summed E-state index contributed by atoms with van der Waals surface area (Å²) in [7, 11) is 0. The monoisotopic (exact) mass is 247 g/mol. The van der Waals surface area contributed by atoms with E-state index in [9.17, 15) is 13.2 Å². The van der Waals surface area contributed by atoms with Crippen molar-refractivity contribution in [3.8, 4) is 11.3 Å². The van der Waals surface area contributed by atoms with Gasteiger partial charge < -0.3 is 4.98 Å². The van der Waals surface area contributed by atoms with Crippen LogP contribution in [0.15, 0.2) is 42.5 Å². The van der Waals surface area contributed by atoms with E-state index < -0.39 is 11.6 Å². The van der Waals surface area contributed by atoms with Crippen molar-refractivity contribution in [2.75, 3.05) is 0 Å². The van der Waals surface area contributed by atoms with Gasteiger partial charge in [-0.15, -0.1) is 0 Å². The summed E-state index contributed by atoms with van der Waals surface area (Å²) in [5.74, 6) is -1.69. The molecule has 0 radical (unpaired) electrons. The molecule has 1 N–H and O–H groups in total. The largest absolute Gasteiger partial charge is 0.354 e. The van der Waals surface area contributed by atoms with Crippen LogP contribution < -0.4 is 0 Å². The molecule has 0 amide bonds. The third-order valence-electron chi connectivity index (χ3n) is 2.78. The lowest BCUT2D eigenvalue weighted by atomic mass is 10.1. The highest BCUT2D eigenvalue weighted by Crippen LogP contribution is 2.26. The normalized spacial score (nSPS) is 11.1. The molecule has 0 fully saturated rings. The molecule has 0 spiro atoms. The van der Waals surface area contributed by atoms with E-state index in [4.69, 9.17) is 0 Å². The number of nitrogens with one attached hydrogen (secondary N) is 1. The van der Waals surface area contributed by atoms with Gasteiger partial charge in [0.15, 0.2) is 0 Å². The molecule has 0 unspecified atom stereocenters. The Labute approximate surface area is 101 Å². The van der Waals surface area contributed by atoms with Crippen molar-refractivity contribution < 1.29 is 13.2 Å². The van der Waals surface area contributed by atoms with Crippen LogP contribution in [-0.2, 0) is 0 Å². The van der Waals surface area contributed by atoms with Crippen molar-refractivity contribution in [3.05, 3.63) is 59.9 Å². The van der Waals surface area contributed by atoms with Gasteiger partial charge in [-0.3, -0.25) is 0 Å². The van der Waals surface area contributed by atoms with Gasteiger partial charge in [0.25, 0.3) is 0 Å². The Hall–Kier alpha value is -2.23. The second-order valence-electron chi connectivity index (χ2n) is 4.04. The van der Waals surface area contributed by atoms with Gasteiger partial charge in [0.2, 0.25) is 0 Å². The molecule has 0 atom stereocenters. The van der Waals surface area contributed by atoms with E-state index in [-0.39, 0.29) is 5.82 Å². The Morgan fingerprint density at radius 2 is 1.56 bits per heavy atom. The van der Waals surface area contributed by atoms with Crippen LogP contribution in [-0.4, -0.2) is 4.98 Å². The number of aromatic amines is 1. The van der Waals surface area contributed by atoms with Crippen molar-refractivity contribution in [1.82, 2.24) is 4.98 Å². The molecule has 3 rings (SSSR count). The maximum atomic E-state index is 13.5. The van der Waals surface area contributed by atoms with Crippen molar-refractivity contribution in [1.29, 1.82) is 0 Å². The van der Waals surface area contributed by atoms with Gasteiger partial charge in [0.1, 0.15) is 17.5 Å². The molecule has 3 aromatic rings. The number of aromatic nitrogens is 1. The van der Waals surface area contributed by atoms with Crippen LogP contribution in [0.3, 0.4) is 0 Å². The predicted molar refractivity (Wildman–Crippen MR) is 63.6 cm³/mol. The second kappa shape index (κ2) is 3.91. The molecular formula is C14H8F3N. The quantitative estimate of drug-likeness (QED) is 0.661. The molecule has 4 heteroatoms.